The lowest BCUT2D eigenvalue weighted by molar-refractivity contribution is -0.318. The van der Waals surface area contributed by atoms with Crippen LogP contribution >= 0.6 is 0 Å². The minimum Gasteiger partial charge on any atom is -0.460 e. The SMILES string of the molecule is C=CCOOC(C)COC(=O)C=C. The Bertz CT molecular complexity index is 176. The van der Waals surface area contributed by atoms with Crippen LogP contribution < -0.4 is 0 Å². The predicted molar refractivity (Wildman–Crippen MR) is 47.9 cm³/mol. The van der Waals surface area contributed by atoms with Gasteiger partial charge in [-0.15, -0.1) is 6.58 Å². The molecule has 0 spiro atoms. The average Bonchev–Trinajstić information content (AvgIpc) is 2.14. The Labute approximate surface area is 77.7 Å². The zero-order valence-electron chi connectivity index (χ0n) is 7.69. The fourth-order valence-corrected chi connectivity index (χ4v) is 0.490. The van der Waals surface area contributed by atoms with E-state index >= 15 is 0 Å². The van der Waals surface area contributed by atoms with E-state index in [1.807, 2.05) is 0 Å². The minimum absolute atomic E-state index is 0.141. The molecule has 0 radical (unpaired) electrons. The van der Waals surface area contributed by atoms with Crippen molar-refractivity contribution in [1.82, 2.24) is 0 Å². The summed E-state index contributed by atoms with van der Waals surface area (Å²) in [4.78, 5) is 20.1. The lowest BCUT2D eigenvalue weighted by Crippen LogP contribution is -2.18. The van der Waals surface area contributed by atoms with Crippen molar-refractivity contribution in [1.29, 1.82) is 0 Å². The van der Waals surface area contributed by atoms with E-state index in [4.69, 9.17) is 9.62 Å². The highest BCUT2D eigenvalue weighted by Crippen LogP contribution is 1.93. The van der Waals surface area contributed by atoms with Gasteiger partial charge in [0.15, 0.2) is 0 Å². The summed E-state index contributed by atoms with van der Waals surface area (Å²) < 4.78 is 4.70. The van der Waals surface area contributed by atoms with Gasteiger partial charge in [0, 0.05) is 6.08 Å². The Morgan fingerprint density at radius 3 is 2.77 bits per heavy atom. The Morgan fingerprint density at radius 2 is 2.23 bits per heavy atom. The number of ether oxygens (including phenoxy) is 1. The normalized spacial score (nSPS) is 11.8. The summed E-state index contributed by atoms with van der Waals surface area (Å²) in [5, 5.41) is 0. The quantitative estimate of drug-likeness (QED) is 0.150. The van der Waals surface area contributed by atoms with Gasteiger partial charge in [-0.05, 0) is 6.92 Å². The first-order valence-corrected chi connectivity index (χ1v) is 3.89. The molecule has 4 nitrogen and oxygen atoms in total. The number of hydrogen-bond acceptors (Lipinski definition) is 4. The van der Waals surface area contributed by atoms with E-state index in [0.717, 1.165) is 6.08 Å². The summed E-state index contributed by atoms with van der Waals surface area (Å²) in [7, 11) is 0. The van der Waals surface area contributed by atoms with Gasteiger partial charge in [0.1, 0.15) is 19.3 Å². The molecule has 0 aromatic heterocycles. The van der Waals surface area contributed by atoms with Crippen LogP contribution in [0, 0.1) is 0 Å². The van der Waals surface area contributed by atoms with Crippen molar-refractivity contribution in [3.8, 4) is 0 Å². The maximum absolute atomic E-state index is 10.6. The molecule has 0 aliphatic heterocycles. The highest BCUT2D eigenvalue weighted by Gasteiger charge is 2.05. The largest absolute Gasteiger partial charge is 0.460 e. The molecule has 0 aromatic rings. The molecule has 13 heavy (non-hydrogen) atoms. The van der Waals surface area contributed by atoms with E-state index in [1.165, 1.54) is 0 Å². The molecule has 0 aromatic carbocycles. The first-order valence-electron chi connectivity index (χ1n) is 3.89. The molecule has 0 fully saturated rings. The number of carbonyl (C=O) groups is 1. The van der Waals surface area contributed by atoms with E-state index in [9.17, 15) is 4.79 Å². The van der Waals surface area contributed by atoms with Crippen molar-refractivity contribution < 1.29 is 19.3 Å². The molecular formula is C9H14O4. The number of hydrogen-bond donors (Lipinski definition) is 0. The maximum Gasteiger partial charge on any atom is 0.330 e. The van der Waals surface area contributed by atoms with Gasteiger partial charge in [-0.1, -0.05) is 12.7 Å². The molecule has 0 saturated carbocycles. The van der Waals surface area contributed by atoms with Crippen molar-refractivity contribution in [3.05, 3.63) is 25.3 Å². The van der Waals surface area contributed by atoms with Crippen LogP contribution in [0.4, 0.5) is 0 Å². The van der Waals surface area contributed by atoms with E-state index in [2.05, 4.69) is 18.0 Å². The van der Waals surface area contributed by atoms with Gasteiger partial charge < -0.3 is 4.74 Å². The van der Waals surface area contributed by atoms with Crippen molar-refractivity contribution in [3.63, 3.8) is 0 Å². The monoisotopic (exact) mass is 186 g/mol. The third kappa shape index (κ3) is 7.24. The number of carbonyl (C=O) groups excluding carboxylic acids is 1. The first kappa shape index (κ1) is 11.9. The lowest BCUT2D eigenvalue weighted by Gasteiger charge is -2.10. The molecule has 0 aliphatic carbocycles. The van der Waals surface area contributed by atoms with Crippen molar-refractivity contribution in [2.75, 3.05) is 13.2 Å². The van der Waals surface area contributed by atoms with Gasteiger partial charge in [0.05, 0.1) is 0 Å². The molecule has 0 amide bonds. The third-order valence-corrected chi connectivity index (χ3v) is 1.05. The molecule has 74 valence electrons. The fraction of sp³-hybridized carbons (Fsp3) is 0.444. The summed E-state index contributed by atoms with van der Waals surface area (Å²) in [6.07, 6.45) is 2.35. The van der Waals surface area contributed by atoms with Crippen LogP contribution in [0.5, 0.6) is 0 Å². The predicted octanol–water partition coefficient (Wildman–Crippen LogP) is 1.24. The summed E-state index contributed by atoms with van der Waals surface area (Å²) in [6, 6.07) is 0. The summed E-state index contributed by atoms with van der Waals surface area (Å²) in [5.74, 6) is -0.473. The maximum atomic E-state index is 10.6. The van der Waals surface area contributed by atoms with Gasteiger partial charge in [-0.2, -0.15) is 0 Å². The second kappa shape index (κ2) is 7.52. The summed E-state index contributed by atoms with van der Waals surface area (Å²) >= 11 is 0. The molecule has 4 heteroatoms. The smallest absolute Gasteiger partial charge is 0.330 e. The molecule has 1 unspecified atom stereocenters. The molecule has 0 saturated heterocycles. The van der Waals surface area contributed by atoms with Crippen LogP contribution in [0.3, 0.4) is 0 Å². The molecule has 0 N–H and O–H groups in total. The Hall–Kier alpha value is -1.13. The number of rotatable bonds is 7. The van der Waals surface area contributed by atoms with Gasteiger partial charge in [0.25, 0.3) is 0 Å². The molecule has 0 bridgehead atoms. The van der Waals surface area contributed by atoms with E-state index in [0.29, 0.717) is 6.61 Å². The van der Waals surface area contributed by atoms with Crippen molar-refractivity contribution in [2.45, 2.75) is 13.0 Å². The summed E-state index contributed by atoms with van der Waals surface area (Å²) in [5.41, 5.74) is 0. The first-order chi connectivity index (χ1) is 6.20. The second-order valence-corrected chi connectivity index (χ2v) is 2.31. The minimum atomic E-state index is -0.473. The van der Waals surface area contributed by atoms with Crippen LogP contribution in [0.1, 0.15) is 6.92 Å². The Balaban J connectivity index is 3.39. The zero-order chi connectivity index (χ0) is 10.1. The fourth-order valence-electron chi connectivity index (χ4n) is 0.490. The number of esters is 1. The van der Waals surface area contributed by atoms with Gasteiger partial charge in [-0.25, -0.2) is 14.6 Å². The molecular weight excluding hydrogens is 172 g/mol. The van der Waals surface area contributed by atoms with Gasteiger partial charge in [-0.3, -0.25) is 0 Å². The molecule has 0 heterocycles. The highest BCUT2D eigenvalue weighted by atomic mass is 17.2. The van der Waals surface area contributed by atoms with Crippen LogP contribution in [0.15, 0.2) is 25.3 Å². The molecule has 1 atom stereocenters. The van der Waals surface area contributed by atoms with Crippen LogP contribution in [-0.2, 0) is 19.3 Å². The molecule has 0 rings (SSSR count). The molecule has 0 aliphatic rings. The average molecular weight is 186 g/mol. The van der Waals surface area contributed by atoms with Crippen molar-refractivity contribution in [2.24, 2.45) is 0 Å². The van der Waals surface area contributed by atoms with Crippen LogP contribution in [0.2, 0.25) is 0 Å². The highest BCUT2D eigenvalue weighted by molar-refractivity contribution is 5.81. The topological polar surface area (TPSA) is 44.8 Å². The Kier molecular flexibility index (Phi) is 6.86. The second-order valence-electron chi connectivity index (χ2n) is 2.31. The van der Waals surface area contributed by atoms with E-state index in [-0.39, 0.29) is 12.7 Å². The summed E-state index contributed by atoms with van der Waals surface area (Å²) in [6.45, 7) is 8.86. The Morgan fingerprint density at radius 1 is 1.54 bits per heavy atom. The standard InChI is InChI=1S/C9H14O4/c1-4-6-12-13-8(3)7-11-9(10)5-2/h4-5,8H,1-2,6-7H2,3H3. The third-order valence-electron chi connectivity index (χ3n) is 1.05. The van der Waals surface area contributed by atoms with Crippen molar-refractivity contribution >= 4 is 5.97 Å². The van der Waals surface area contributed by atoms with Gasteiger partial charge in [0.2, 0.25) is 0 Å². The van der Waals surface area contributed by atoms with E-state index in [1.54, 1.807) is 13.0 Å². The zero-order valence-corrected chi connectivity index (χ0v) is 7.69. The van der Waals surface area contributed by atoms with Gasteiger partial charge >= 0.3 is 5.97 Å². The van der Waals surface area contributed by atoms with Crippen LogP contribution in [-0.4, -0.2) is 25.3 Å². The van der Waals surface area contributed by atoms with E-state index < -0.39 is 5.97 Å². The van der Waals surface area contributed by atoms with Crippen LogP contribution in [0.25, 0.3) is 0 Å². The lowest BCUT2D eigenvalue weighted by atomic mass is 10.4.